The van der Waals surface area contributed by atoms with E-state index in [1.165, 1.54) is 24.3 Å². The van der Waals surface area contributed by atoms with Crippen molar-refractivity contribution in [3.05, 3.63) is 0 Å². The van der Waals surface area contributed by atoms with Gasteiger partial charge in [0.25, 0.3) is 0 Å². The summed E-state index contributed by atoms with van der Waals surface area (Å²) in [4.78, 5) is 0. The molecular weight excluding hydrogens is 206 g/mol. The number of nitrogens with one attached hydrogen (secondary N) is 1. The number of ether oxygens (including phenoxy) is 1. The van der Waals surface area contributed by atoms with Crippen molar-refractivity contribution in [2.75, 3.05) is 18.1 Å². The zero-order chi connectivity index (χ0) is 10.9. The molecule has 2 aliphatic rings. The maximum atomic E-state index is 5.59. The third-order valence-electron chi connectivity index (χ3n) is 3.44. The minimum atomic E-state index is 0.403. The fourth-order valence-corrected chi connectivity index (χ4v) is 3.91. The Hall–Kier alpha value is 0.270. The van der Waals surface area contributed by atoms with Crippen LogP contribution in [0.2, 0.25) is 0 Å². The van der Waals surface area contributed by atoms with Gasteiger partial charge in [0.1, 0.15) is 0 Å². The Bertz CT molecular complexity index is 220. The average molecular weight is 229 g/mol. The highest BCUT2D eigenvalue weighted by Crippen LogP contribution is 2.34. The topological polar surface area (TPSA) is 21.3 Å². The fraction of sp³-hybridized carbons (Fsp3) is 1.00. The standard InChI is InChI=1S/C12H23NOS/c1-9-11(4-5-14-9)13-10-6-12(2,3)8-15-7-10/h9-11,13H,4-8H2,1-3H3. The van der Waals surface area contributed by atoms with E-state index in [4.69, 9.17) is 4.74 Å². The summed E-state index contributed by atoms with van der Waals surface area (Å²) in [6.07, 6.45) is 2.89. The van der Waals surface area contributed by atoms with E-state index in [-0.39, 0.29) is 0 Å². The summed E-state index contributed by atoms with van der Waals surface area (Å²) >= 11 is 2.09. The molecule has 0 aromatic rings. The van der Waals surface area contributed by atoms with Gasteiger partial charge in [-0.15, -0.1) is 0 Å². The van der Waals surface area contributed by atoms with Gasteiger partial charge in [-0.2, -0.15) is 11.8 Å². The van der Waals surface area contributed by atoms with Crippen LogP contribution in [0.15, 0.2) is 0 Å². The molecule has 0 bridgehead atoms. The summed E-state index contributed by atoms with van der Waals surface area (Å²) in [5.74, 6) is 2.58. The van der Waals surface area contributed by atoms with E-state index < -0.39 is 0 Å². The predicted octanol–water partition coefficient (Wildman–Crippen LogP) is 2.29. The van der Waals surface area contributed by atoms with Gasteiger partial charge < -0.3 is 10.1 Å². The molecule has 2 nitrogen and oxygen atoms in total. The zero-order valence-electron chi connectivity index (χ0n) is 10.1. The number of hydrogen-bond acceptors (Lipinski definition) is 3. The minimum Gasteiger partial charge on any atom is -0.377 e. The quantitative estimate of drug-likeness (QED) is 0.785. The number of rotatable bonds is 2. The van der Waals surface area contributed by atoms with Crippen molar-refractivity contribution in [3.8, 4) is 0 Å². The lowest BCUT2D eigenvalue weighted by Crippen LogP contribution is -2.47. The highest BCUT2D eigenvalue weighted by Gasteiger charge is 2.32. The second kappa shape index (κ2) is 4.64. The van der Waals surface area contributed by atoms with Crippen molar-refractivity contribution in [3.63, 3.8) is 0 Å². The first-order valence-corrected chi connectivity index (χ1v) is 7.18. The molecule has 2 aliphatic heterocycles. The van der Waals surface area contributed by atoms with Crippen LogP contribution in [-0.2, 0) is 4.74 Å². The molecule has 0 radical (unpaired) electrons. The van der Waals surface area contributed by atoms with E-state index in [1.54, 1.807) is 0 Å². The van der Waals surface area contributed by atoms with Gasteiger partial charge in [-0.1, -0.05) is 13.8 Å². The molecule has 15 heavy (non-hydrogen) atoms. The van der Waals surface area contributed by atoms with Gasteiger partial charge in [0.15, 0.2) is 0 Å². The monoisotopic (exact) mass is 229 g/mol. The highest BCUT2D eigenvalue weighted by atomic mass is 32.2. The Morgan fingerprint density at radius 2 is 2.20 bits per heavy atom. The number of thioether (sulfide) groups is 1. The first-order valence-electron chi connectivity index (χ1n) is 6.02. The summed E-state index contributed by atoms with van der Waals surface area (Å²) in [6, 6.07) is 1.28. The fourth-order valence-electron chi connectivity index (χ4n) is 2.62. The number of hydrogen-bond donors (Lipinski definition) is 1. The summed E-state index contributed by atoms with van der Waals surface area (Å²) in [6.45, 7) is 7.87. The molecule has 0 aromatic carbocycles. The second-order valence-electron chi connectivity index (χ2n) is 5.72. The summed E-state index contributed by atoms with van der Waals surface area (Å²) < 4.78 is 5.59. The van der Waals surface area contributed by atoms with Crippen molar-refractivity contribution in [1.82, 2.24) is 5.32 Å². The first kappa shape index (κ1) is 11.7. The Balaban J connectivity index is 1.83. The predicted molar refractivity (Wildman–Crippen MR) is 66.5 cm³/mol. The van der Waals surface area contributed by atoms with Crippen LogP contribution in [0.1, 0.15) is 33.6 Å². The normalized spacial score (nSPS) is 40.6. The molecule has 2 fully saturated rings. The molecule has 3 atom stereocenters. The smallest absolute Gasteiger partial charge is 0.0700 e. The van der Waals surface area contributed by atoms with E-state index >= 15 is 0 Å². The van der Waals surface area contributed by atoms with Gasteiger partial charge >= 0.3 is 0 Å². The molecule has 2 heterocycles. The Kier molecular flexibility index (Phi) is 3.63. The Morgan fingerprint density at radius 1 is 1.40 bits per heavy atom. The molecule has 0 aliphatic carbocycles. The second-order valence-corrected chi connectivity index (χ2v) is 6.75. The van der Waals surface area contributed by atoms with Gasteiger partial charge in [0.2, 0.25) is 0 Å². The molecule has 2 saturated heterocycles. The SMILES string of the molecule is CC1OCCC1NC1CSCC(C)(C)C1. The molecule has 0 saturated carbocycles. The maximum absolute atomic E-state index is 5.59. The third-order valence-corrected chi connectivity index (χ3v) is 5.06. The molecular formula is C12H23NOS. The Labute approximate surface area is 97.5 Å². The van der Waals surface area contributed by atoms with Gasteiger partial charge in [-0.3, -0.25) is 0 Å². The lowest BCUT2D eigenvalue weighted by Gasteiger charge is -2.37. The zero-order valence-corrected chi connectivity index (χ0v) is 10.9. The Morgan fingerprint density at radius 3 is 2.80 bits per heavy atom. The van der Waals surface area contributed by atoms with E-state index in [9.17, 15) is 0 Å². The molecule has 3 heteroatoms. The summed E-state index contributed by atoms with van der Waals surface area (Å²) in [7, 11) is 0. The largest absolute Gasteiger partial charge is 0.377 e. The summed E-state index contributed by atoms with van der Waals surface area (Å²) in [5, 5.41) is 3.78. The molecule has 1 N–H and O–H groups in total. The van der Waals surface area contributed by atoms with E-state index in [0.717, 1.165) is 6.61 Å². The lowest BCUT2D eigenvalue weighted by atomic mass is 9.87. The van der Waals surface area contributed by atoms with Crippen LogP contribution in [0.4, 0.5) is 0 Å². The van der Waals surface area contributed by atoms with Crippen molar-refractivity contribution < 1.29 is 4.74 Å². The van der Waals surface area contributed by atoms with Crippen LogP contribution in [0, 0.1) is 5.41 Å². The molecule has 0 spiro atoms. The molecule has 88 valence electrons. The molecule has 3 unspecified atom stereocenters. The van der Waals surface area contributed by atoms with Crippen molar-refractivity contribution >= 4 is 11.8 Å². The van der Waals surface area contributed by atoms with Crippen LogP contribution in [-0.4, -0.2) is 36.3 Å². The van der Waals surface area contributed by atoms with Crippen LogP contribution in [0.5, 0.6) is 0 Å². The van der Waals surface area contributed by atoms with Gasteiger partial charge in [-0.25, -0.2) is 0 Å². The van der Waals surface area contributed by atoms with E-state index in [1.807, 2.05) is 0 Å². The third kappa shape index (κ3) is 3.11. The van der Waals surface area contributed by atoms with E-state index in [0.29, 0.717) is 23.6 Å². The van der Waals surface area contributed by atoms with Crippen LogP contribution < -0.4 is 5.32 Å². The highest BCUT2D eigenvalue weighted by molar-refractivity contribution is 7.99. The first-order chi connectivity index (χ1) is 7.07. The summed E-state index contributed by atoms with van der Waals surface area (Å²) in [5.41, 5.74) is 0.503. The van der Waals surface area contributed by atoms with E-state index in [2.05, 4.69) is 37.8 Å². The van der Waals surface area contributed by atoms with Crippen molar-refractivity contribution in [2.45, 2.75) is 51.8 Å². The average Bonchev–Trinajstić information content (AvgIpc) is 2.50. The van der Waals surface area contributed by atoms with Crippen molar-refractivity contribution in [2.24, 2.45) is 5.41 Å². The lowest BCUT2D eigenvalue weighted by molar-refractivity contribution is 0.109. The molecule has 0 amide bonds. The molecule has 0 aromatic heterocycles. The van der Waals surface area contributed by atoms with Crippen LogP contribution in [0.25, 0.3) is 0 Å². The van der Waals surface area contributed by atoms with Crippen LogP contribution in [0.3, 0.4) is 0 Å². The van der Waals surface area contributed by atoms with Gasteiger partial charge in [0, 0.05) is 24.4 Å². The van der Waals surface area contributed by atoms with Crippen LogP contribution >= 0.6 is 11.8 Å². The molecule has 2 rings (SSSR count). The van der Waals surface area contributed by atoms with Gasteiger partial charge in [0.05, 0.1) is 6.10 Å². The minimum absolute atomic E-state index is 0.403. The van der Waals surface area contributed by atoms with Crippen molar-refractivity contribution in [1.29, 1.82) is 0 Å². The van der Waals surface area contributed by atoms with Gasteiger partial charge in [-0.05, 0) is 30.9 Å². The maximum Gasteiger partial charge on any atom is 0.0700 e.